The normalized spacial score (nSPS) is 11.5. The Morgan fingerprint density at radius 3 is 1.75 bits per heavy atom. The fourth-order valence-corrected chi connectivity index (χ4v) is 2.35. The Kier molecular flexibility index (Phi) is 9.26. The molecule has 4 heteroatoms. The molecule has 0 fully saturated rings. The number of esters is 2. The predicted molar refractivity (Wildman–Crippen MR) is 79.3 cm³/mol. The third-order valence-corrected chi connectivity index (χ3v) is 3.76. The van der Waals surface area contributed by atoms with Crippen LogP contribution in [0.2, 0.25) is 0 Å². The average molecular weight is 286 g/mol. The lowest BCUT2D eigenvalue weighted by molar-refractivity contribution is -0.176. The first-order valence-electron chi connectivity index (χ1n) is 7.90. The number of hydrogen-bond donors (Lipinski definition) is 0. The highest BCUT2D eigenvalue weighted by molar-refractivity contribution is 6.00. The minimum absolute atomic E-state index is 0.0931. The standard InChI is InChI=1S/C16H30O4/c1-6-11-13(12-7-2)20-15(18)16(8-3,9-4)14(17)19-10-5/h13H,6-12H2,1-5H3. The molecule has 0 spiro atoms. The van der Waals surface area contributed by atoms with Crippen LogP contribution in [0.15, 0.2) is 0 Å². The summed E-state index contributed by atoms with van der Waals surface area (Å²) in [4.78, 5) is 24.6. The van der Waals surface area contributed by atoms with Gasteiger partial charge in [0.1, 0.15) is 6.10 Å². The molecule has 0 aliphatic heterocycles. The third kappa shape index (κ3) is 4.80. The van der Waals surface area contributed by atoms with Crippen LogP contribution in [0.1, 0.15) is 73.1 Å². The van der Waals surface area contributed by atoms with Gasteiger partial charge in [-0.25, -0.2) is 0 Å². The monoisotopic (exact) mass is 286 g/mol. The second-order valence-electron chi connectivity index (χ2n) is 5.11. The molecule has 0 amide bonds. The summed E-state index contributed by atoms with van der Waals surface area (Å²) in [5.74, 6) is -0.880. The van der Waals surface area contributed by atoms with Crippen molar-refractivity contribution in [3.05, 3.63) is 0 Å². The third-order valence-electron chi connectivity index (χ3n) is 3.76. The maximum Gasteiger partial charge on any atom is 0.323 e. The van der Waals surface area contributed by atoms with E-state index >= 15 is 0 Å². The molecule has 118 valence electrons. The van der Waals surface area contributed by atoms with E-state index in [9.17, 15) is 9.59 Å². The first-order chi connectivity index (χ1) is 9.52. The molecule has 0 atom stereocenters. The number of ether oxygens (including phenoxy) is 2. The lowest BCUT2D eigenvalue weighted by Crippen LogP contribution is -2.42. The maximum atomic E-state index is 12.5. The molecular formula is C16H30O4. The van der Waals surface area contributed by atoms with Crippen LogP contribution in [0.3, 0.4) is 0 Å². The Bertz CT molecular complexity index is 289. The van der Waals surface area contributed by atoms with Crippen molar-refractivity contribution in [2.45, 2.75) is 79.2 Å². The number of rotatable bonds is 10. The summed E-state index contributed by atoms with van der Waals surface area (Å²) in [6.45, 7) is 9.81. The van der Waals surface area contributed by atoms with Crippen LogP contribution in [-0.4, -0.2) is 24.6 Å². The van der Waals surface area contributed by atoms with E-state index in [1.54, 1.807) is 6.92 Å². The minimum atomic E-state index is -1.14. The van der Waals surface area contributed by atoms with Gasteiger partial charge >= 0.3 is 11.9 Å². The zero-order valence-corrected chi connectivity index (χ0v) is 13.7. The van der Waals surface area contributed by atoms with Crippen molar-refractivity contribution in [3.63, 3.8) is 0 Å². The maximum absolute atomic E-state index is 12.5. The summed E-state index contributed by atoms with van der Waals surface area (Å²) >= 11 is 0. The fraction of sp³-hybridized carbons (Fsp3) is 0.875. The summed E-state index contributed by atoms with van der Waals surface area (Å²) < 4.78 is 10.7. The Hall–Kier alpha value is -1.06. The van der Waals surface area contributed by atoms with E-state index < -0.39 is 17.4 Å². The molecule has 0 bridgehead atoms. The predicted octanol–water partition coefficient (Wildman–Crippen LogP) is 3.87. The summed E-state index contributed by atoms with van der Waals surface area (Å²) in [5.41, 5.74) is -1.14. The molecule has 0 aromatic rings. The Morgan fingerprint density at radius 1 is 0.900 bits per heavy atom. The van der Waals surface area contributed by atoms with Crippen LogP contribution in [0, 0.1) is 5.41 Å². The lowest BCUT2D eigenvalue weighted by Gasteiger charge is -2.29. The topological polar surface area (TPSA) is 52.6 Å². The molecule has 0 saturated carbocycles. The van der Waals surface area contributed by atoms with Crippen LogP contribution in [-0.2, 0) is 19.1 Å². The molecule has 0 rings (SSSR count). The second-order valence-corrected chi connectivity index (χ2v) is 5.11. The van der Waals surface area contributed by atoms with Crippen molar-refractivity contribution in [1.82, 2.24) is 0 Å². The summed E-state index contributed by atoms with van der Waals surface area (Å²) in [7, 11) is 0. The Morgan fingerprint density at radius 2 is 1.40 bits per heavy atom. The van der Waals surface area contributed by atoms with Gasteiger partial charge in [0.2, 0.25) is 0 Å². The average Bonchev–Trinajstić information content (AvgIpc) is 2.41. The largest absolute Gasteiger partial charge is 0.465 e. The van der Waals surface area contributed by atoms with Gasteiger partial charge < -0.3 is 9.47 Å². The molecule has 0 aromatic heterocycles. The van der Waals surface area contributed by atoms with Crippen LogP contribution in [0.5, 0.6) is 0 Å². The van der Waals surface area contributed by atoms with Gasteiger partial charge in [0.25, 0.3) is 0 Å². The van der Waals surface area contributed by atoms with Gasteiger partial charge in [0.15, 0.2) is 5.41 Å². The highest BCUT2D eigenvalue weighted by Gasteiger charge is 2.46. The van der Waals surface area contributed by atoms with Crippen molar-refractivity contribution in [3.8, 4) is 0 Å². The molecule has 0 aliphatic rings. The van der Waals surface area contributed by atoms with Crippen LogP contribution < -0.4 is 0 Å². The van der Waals surface area contributed by atoms with Gasteiger partial charge in [-0.1, -0.05) is 40.5 Å². The van der Waals surface area contributed by atoms with Gasteiger partial charge in [0, 0.05) is 0 Å². The molecule has 0 aromatic carbocycles. The molecule has 4 nitrogen and oxygen atoms in total. The highest BCUT2D eigenvalue weighted by Crippen LogP contribution is 2.31. The van der Waals surface area contributed by atoms with E-state index in [0.717, 1.165) is 25.7 Å². The van der Waals surface area contributed by atoms with Crippen LogP contribution in [0.4, 0.5) is 0 Å². The smallest absolute Gasteiger partial charge is 0.323 e. The lowest BCUT2D eigenvalue weighted by atomic mass is 9.82. The SMILES string of the molecule is CCCC(CCC)OC(=O)C(CC)(CC)C(=O)OCC. The molecule has 0 unspecified atom stereocenters. The van der Waals surface area contributed by atoms with Gasteiger partial charge in [-0.2, -0.15) is 0 Å². The number of hydrogen-bond acceptors (Lipinski definition) is 4. The second kappa shape index (κ2) is 9.78. The van der Waals surface area contributed by atoms with E-state index in [1.165, 1.54) is 0 Å². The van der Waals surface area contributed by atoms with Crippen molar-refractivity contribution in [2.75, 3.05) is 6.61 Å². The molecule has 20 heavy (non-hydrogen) atoms. The Balaban J connectivity index is 4.99. The van der Waals surface area contributed by atoms with Crippen LogP contribution in [0.25, 0.3) is 0 Å². The van der Waals surface area contributed by atoms with Gasteiger partial charge in [-0.05, 0) is 32.6 Å². The molecular weight excluding hydrogens is 256 g/mol. The fourth-order valence-electron chi connectivity index (χ4n) is 2.35. The van der Waals surface area contributed by atoms with E-state index in [4.69, 9.17) is 9.47 Å². The minimum Gasteiger partial charge on any atom is -0.465 e. The first kappa shape index (κ1) is 18.9. The molecule has 0 saturated heterocycles. The van der Waals surface area contributed by atoms with E-state index in [0.29, 0.717) is 12.8 Å². The van der Waals surface area contributed by atoms with Gasteiger partial charge in [-0.15, -0.1) is 0 Å². The van der Waals surface area contributed by atoms with Crippen molar-refractivity contribution in [1.29, 1.82) is 0 Å². The summed E-state index contributed by atoms with van der Waals surface area (Å²) in [5, 5.41) is 0. The van der Waals surface area contributed by atoms with Gasteiger partial charge in [0.05, 0.1) is 6.61 Å². The zero-order valence-electron chi connectivity index (χ0n) is 13.7. The van der Waals surface area contributed by atoms with Crippen molar-refractivity contribution >= 4 is 11.9 Å². The van der Waals surface area contributed by atoms with Crippen molar-refractivity contribution < 1.29 is 19.1 Å². The quantitative estimate of drug-likeness (QED) is 0.452. The van der Waals surface area contributed by atoms with Crippen LogP contribution >= 0.6 is 0 Å². The van der Waals surface area contributed by atoms with E-state index in [1.807, 2.05) is 13.8 Å². The van der Waals surface area contributed by atoms with Gasteiger partial charge in [-0.3, -0.25) is 9.59 Å². The van der Waals surface area contributed by atoms with E-state index in [-0.39, 0.29) is 12.7 Å². The van der Waals surface area contributed by atoms with E-state index in [2.05, 4.69) is 13.8 Å². The molecule has 0 N–H and O–H groups in total. The number of carbonyl (C=O) groups excluding carboxylic acids is 2. The Labute approximate surface area is 123 Å². The zero-order chi connectivity index (χ0) is 15.6. The number of carbonyl (C=O) groups is 2. The first-order valence-corrected chi connectivity index (χ1v) is 7.90. The molecule has 0 radical (unpaired) electrons. The molecule has 0 heterocycles. The molecule has 0 aliphatic carbocycles. The van der Waals surface area contributed by atoms with Crippen molar-refractivity contribution in [2.24, 2.45) is 5.41 Å². The highest BCUT2D eigenvalue weighted by atomic mass is 16.6. The summed E-state index contributed by atoms with van der Waals surface area (Å²) in [6, 6.07) is 0. The summed E-state index contributed by atoms with van der Waals surface area (Å²) in [6.07, 6.45) is 4.32.